The Morgan fingerprint density at radius 3 is 2.22 bits per heavy atom. The number of ether oxygens (including phenoxy) is 2. The van der Waals surface area contributed by atoms with Crippen LogP contribution in [0.4, 0.5) is 0 Å². The number of benzene rings is 1. The number of carboxylic acid groups (broad SMARTS) is 2. The van der Waals surface area contributed by atoms with Crippen molar-refractivity contribution >= 4 is 11.9 Å². The van der Waals surface area contributed by atoms with Crippen molar-refractivity contribution in [1.29, 1.82) is 0 Å². The fraction of sp³-hybridized carbons (Fsp3) is 0.467. The lowest BCUT2D eigenvalue weighted by Gasteiger charge is -2.27. The fourth-order valence-corrected chi connectivity index (χ4v) is 2.12. The first-order valence-electron chi connectivity index (χ1n) is 7.08. The van der Waals surface area contributed by atoms with E-state index in [1.165, 1.54) is 5.56 Å². The molecule has 1 aliphatic heterocycles. The van der Waals surface area contributed by atoms with Gasteiger partial charge in [-0.3, -0.25) is 4.90 Å². The third-order valence-electron chi connectivity index (χ3n) is 3.27. The second kappa shape index (κ2) is 9.65. The monoisotopic (exact) mass is 326 g/mol. The molecule has 1 saturated heterocycles. The highest BCUT2D eigenvalue weighted by atomic mass is 16.5. The Balaban J connectivity index is 0.000000379. The van der Waals surface area contributed by atoms with Crippen molar-refractivity contribution < 1.29 is 29.3 Å². The Morgan fingerprint density at radius 2 is 1.74 bits per heavy atom. The van der Waals surface area contributed by atoms with Gasteiger partial charge in [0.25, 0.3) is 0 Å². The predicted octanol–water partition coefficient (Wildman–Crippen LogP) is 0.265. The summed E-state index contributed by atoms with van der Waals surface area (Å²) in [6.07, 6.45) is 0. The van der Waals surface area contributed by atoms with Crippen molar-refractivity contribution in [2.45, 2.75) is 6.54 Å². The molecule has 0 amide bonds. The van der Waals surface area contributed by atoms with E-state index in [0.29, 0.717) is 0 Å². The van der Waals surface area contributed by atoms with Crippen LogP contribution in [0, 0.1) is 0 Å². The summed E-state index contributed by atoms with van der Waals surface area (Å²) in [4.78, 5) is 20.6. The summed E-state index contributed by atoms with van der Waals surface area (Å²) < 4.78 is 10.6. The average Bonchev–Trinajstić information content (AvgIpc) is 2.56. The molecule has 128 valence electrons. The van der Waals surface area contributed by atoms with Crippen molar-refractivity contribution in [2.75, 3.05) is 40.4 Å². The van der Waals surface area contributed by atoms with Crippen LogP contribution in [-0.4, -0.2) is 67.5 Å². The standard InChI is InChI=1S/C13H20N2O2.C2H2O4/c1-16-12-3-4-13(17-2)11(9-12)10-15-7-5-14-6-8-15;3-1(4)2(5)6/h3-4,9,14H,5-8,10H2,1-2H3;(H,3,4)(H,5,6). The van der Waals surface area contributed by atoms with Crippen LogP contribution in [0.2, 0.25) is 0 Å². The van der Waals surface area contributed by atoms with Crippen molar-refractivity contribution in [3.8, 4) is 11.5 Å². The molecule has 0 bridgehead atoms. The molecule has 0 unspecified atom stereocenters. The van der Waals surface area contributed by atoms with Crippen molar-refractivity contribution in [3.05, 3.63) is 23.8 Å². The van der Waals surface area contributed by atoms with Gasteiger partial charge < -0.3 is 25.0 Å². The number of carboxylic acids is 2. The summed E-state index contributed by atoms with van der Waals surface area (Å²) in [5.74, 6) is -1.83. The number of hydrogen-bond acceptors (Lipinski definition) is 6. The molecule has 8 heteroatoms. The molecule has 0 radical (unpaired) electrons. The third kappa shape index (κ3) is 6.54. The lowest BCUT2D eigenvalue weighted by molar-refractivity contribution is -0.159. The second-order valence-electron chi connectivity index (χ2n) is 4.81. The zero-order valence-electron chi connectivity index (χ0n) is 13.2. The van der Waals surface area contributed by atoms with Gasteiger partial charge in [-0.05, 0) is 18.2 Å². The molecule has 0 spiro atoms. The number of nitrogens with one attached hydrogen (secondary N) is 1. The predicted molar refractivity (Wildman–Crippen MR) is 83.0 cm³/mol. The molecule has 0 atom stereocenters. The summed E-state index contributed by atoms with van der Waals surface area (Å²) in [5, 5.41) is 18.1. The molecule has 1 aromatic rings. The van der Waals surface area contributed by atoms with Gasteiger partial charge in [-0.2, -0.15) is 0 Å². The molecule has 0 saturated carbocycles. The van der Waals surface area contributed by atoms with E-state index < -0.39 is 11.9 Å². The molecule has 0 aliphatic carbocycles. The fourth-order valence-electron chi connectivity index (χ4n) is 2.12. The van der Waals surface area contributed by atoms with E-state index in [1.807, 2.05) is 12.1 Å². The molecule has 1 aromatic carbocycles. The van der Waals surface area contributed by atoms with Crippen molar-refractivity contribution in [3.63, 3.8) is 0 Å². The number of piperazine rings is 1. The van der Waals surface area contributed by atoms with Gasteiger partial charge in [-0.1, -0.05) is 0 Å². The number of rotatable bonds is 4. The van der Waals surface area contributed by atoms with Gasteiger partial charge in [0.2, 0.25) is 0 Å². The third-order valence-corrected chi connectivity index (χ3v) is 3.27. The molecular formula is C15H22N2O6. The van der Waals surface area contributed by atoms with Crippen LogP contribution in [0.15, 0.2) is 18.2 Å². The number of hydrogen-bond donors (Lipinski definition) is 3. The van der Waals surface area contributed by atoms with Gasteiger partial charge in [0.05, 0.1) is 14.2 Å². The Hall–Kier alpha value is -2.32. The number of nitrogens with zero attached hydrogens (tertiary/aromatic N) is 1. The minimum absolute atomic E-state index is 0.885. The van der Waals surface area contributed by atoms with E-state index in [4.69, 9.17) is 29.3 Å². The summed E-state index contributed by atoms with van der Waals surface area (Å²) in [7, 11) is 3.40. The maximum absolute atomic E-state index is 9.10. The Bertz CT molecular complexity index is 517. The van der Waals surface area contributed by atoms with E-state index in [9.17, 15) is 0 Å². The first kappa shape index (κ1) is 18.7. The maximum atomic E-state index is 9.10. The minimum Gasteiger partial charge on any atom is -0.497 e. The normalized spacial score (nSPS) is 14.3. The highest BCUT2D eigenvalue weighted by Gasteiger charge is 2.13. The van der Waals surface area contributed by atoms with Gasteiger partial charge in [-0.15, -0.1) is 0 Å². The highest BCUT2D eigenvalue weighted by Crippen LogP contribution is 2.25. The van der Waals surface area contributed by atoms with E-state index in [1.54, 1.807) is 14.2 Å². The highest BCUT2D eigenvalue weighted by molar-refractivity contribution is 6.27. The Kier molecular flexibility index (Phi) is 7.86. The SMILES string of the molecule is COc1ccc(OC)c(CN2CCNCC2)c1.O=C(O)C(=O)O. The van der Waals surface area contributed by atoms with Crippen LogP contribution in [0.5, 0.6) is 11.5 Å². The largest absolute Gasteiger partial charge is 0.497 e. The topological polar surface area (TPSA) is 108 Å². The van der Waals surface area contributed by atoms with Gasteiger partial charge >= 0.3 is 11.9 Å². The van der Waals surface area contributed by atoms with Gasteiger partial charge in [0, 0.05) is 38.3 Å². The molecule has 1 aliphatic rings. The van der Waals surface area contributed by atoms with Gasteiger partial charge in [0.15, 0.2) is 0 Å². The summed E-state index contributed by atoms with van der Waals surface area (Å²) in [5.41, 5.74) is 1.19. The average molecular weight is 326 g/mol. The Labute approximate surface area is 134 Å². The summed E-state index contributed by atoms with van der Waals surface area (Å²) in [6.45, 7) is 5.21. The Morgan fingerprint density at radius 1 is 1.13 bits per heavy atom. The number of aliphatic carboxylic acids is 2. The molecule has 3 N–H and O–H groups in total. The first-order chi connectivity index (χ1) is 11.0. The van der Waals surface area contributed by atoms with Crippen LogP contribution < -0.4 is 14.8 Å². The summed E-state index contributed by atoms with van der Waals surface area (Å²) in [6, 6.07) is 5.96. The lowest BCUT2D eigenvalue weighted by Crippen LogP contribution is -2.42. The number of carbonyl (C=O) groups is 2. The van der Waals surface area contributed by atoms with Crippen LogP contribution in [0.1, 0.15) is 5.56 Å². The van der Waals surface area contributed by atoms with Gasteiger partial charge in [0.1, 0.15) is 11.5 Å². The molecule has 1 fully saturated rings. The van der Waals surface area contributed by atoms with Crippen molar-refractivity contribution in [2.24, 2.45) is 0 Å². The minimum atomic E-state index is -1.82. The van der Waals surface area contributed by atoms with E-state index in [-0.39, 0.29) is 0 Å². The van der Waals surface area contributed by atoms with Gasteiger partial charge in [-0.25, -0.2) is 9.59 Å². The molecule has 23 heavy (non-hydrogen) atoms. The molecule has 8 nitrogen and oxygen atoms in total. The summed E-state index contributed by atoms with van der Waals surface area (Å²) >= 11 is 0. The second-order valence-corrected chi connectivity index (χ2v) is 4.81. The molecule has 0 aromatic heterocycles. The zero-order valence-corrected chi connectivity index (χ0v) is 13.2. The molecule has 1 heterocycles. The number of methoxy groups -OCH3 is 2. The van der Waals surface area contributed by atoms with E-state index in [2.05, 4.69) is 16.3 Å². The lowest BCUT2D eigenvalue weighted by atomic mass is 10.1. The maximum Gasteiger partial charge on any atom is 0.414 e. The quantitative estimate of drug-likeness (QED) is 0.677. The van der Waals surface area contributed by atoms with E-state index >= 15 is 0 Å². The van der Waals surface area contributed by atoms with E-state index in [0.717, 1.165) is 44.2 Å². The first-order valence-corrected chi connectivity index (χ1v) is 7.08. The van der Waals surface area contributed by atoms with Crippen LogP contribution >= 0.6 is 0 Å². The molecule has 2 rings (SSSR count). The molecular weight excluding hydrogens is 304 g/mol. The smallest absolute Gasteiger partial charge is 0.414 e. The van der Waals surface area contributed by atoms with Crippen LogP contribution in [-0.2, 0) is 16.1 Å². The zero-order chi connectivity index (χ0) is 17.2. The van der Waals surface area contributed by atoms with Crippen molar-refractivity contribution in [1.82, 2.24) is 10.2 Å². The van der Waals surface area contributed by atoms with Crippen LogP contribution in [0.3, 0.4) is 0 Å². The van der Waals surface area contributed by atoms with Crippen LogP contribution in [0.25, 0.3) is 0 Å².